The fraction of sp³-hybridized carbons (Fsp3) is 0.312. The largest absolute Gasteiger partial charge is 0.481 e. The summed E-state index contributed by atoms with van der Waals surface area (Å²) in [7, 11) is 0. The van der Waals surface area contributed by atoms with Crippen LogP contribution in [0.15, 0.2) is 24.3 Å². The van der Waals surface area contributed by atoms with Gasteiger partial charge in [-0.3, -0.25) is 9.59 Å². The van der Waals surface area contributed by atoms with Gasteiger partial charge in [0.25, 0.3) is 5.91 Å². The number of carbonyl (C=O) groups excluding carboxylic acids is 1. The van der Waals surface area contributed by atoms with Crippen LogP contribution in [0.4, 0.5) is 0 Å². The second-order valence-corrected chi connectivity index (χ2v) is 6.39. The van der Waals surface area contributed by atoms with Crippen molar-refractivity contribution < 1.29 is 14.7 Å². The number of amides is 1. The van der Waals surface area contributed by atoms with Crippen molar-refractivity contribution in [2.24, 2.45) is 0 Å². The molecule has 0 aliphatic rings. The summed E-state index contributed by atoms with van der Waals surface area (Å²) in [6.45, 7) is 5.57. The molecule has 2 aromatic rings. The summed E-state index contributed by atoms with van der Waals surface area (Å²) >= 11 is 1.31. The first-order valence-corrected chi connectivity index (χ1v) is 7.71. The molecule has 22 heavy (non-hydrogen) atoms. The third kappa shape index (κ3) is 3.92. The van der Waals surface area contributed by atoms with E-state index in [1.807, 2.05) is 38.1 Å². The third-order valence-corrected chi connectivity index (χ3v) is 4.35. The van der Waals surface area contributed by atoms with Gasteiger partial charge in [0.2, 0.25) is 0 Å². The number of benzene rings is 1. The van der Waals surface area contributed by atoms with Crippen molar-refractivity contribution >= 4 is 23.2 Å². The Hall–Kier alpha value is -2.21. The van der Waals surface area contributed by atoms with Crippen LogP contribution in [0.25, 0.3) is 0 Å². The summed E-state index contributed by atoms with van der Waals surface area (Å²) in [5.41, 5.74) is 2.52. The van der Waals surface area contributed by atoms with Crippen molar-refractivity contribution in [3.05, 3.63) is 51.0 Å². The zero-order chi connectivity index (χ0) is 16.3. The molecule has 0 spiro atoms. The van der Waals surface area contributed by atoms with Gasteiger partial charge in [-0.15, -0.1) is 11.3 Å². The number of nitrogens with zero attached hydrogens (tertiary/aromatic N) is 1. The third-order valence-electron chi connectivity index (χ3n) is 3.27. The van der Waals surface area contributed by atoms with Crippen molar-refractivity contribution in [2.75, 3.05) is 0 Å². The van der Waals surface area contributed by atoms with Gasteiger partial charge in [-0.25, -0.2) is 4.98 Å². The van der Waals surface area contributed by atoms with Crippen LogP contribution >= 0.6 is 11.3 Å². The molecule has 116 valence electrons. The Bertz CT molecular complexity index is 692. The molecule has 0 bridgehead atoms. The Morgan fingerprint density at radius 1 is 1.23 bits per heavy atom. The predicted octanol–water partition coefficient (Wildman–Crippen LogP) is 3.01. The lowest BCUT2D eigenvalue weighted by Gasteiger charge is -2.17. The summed E-state index contributed by atoms with van der Waals surface area (Å²) in [6, 6.07) is 6.92. The van der Waals surface area contributed by atoms with E-state index in [1.54, 1.807) is 6.92 Å². The number of carboxylic acids is 1. The molecular formula is C16H18N2O3S. The molecule has 1 heterocycles. The van der Waals surface area contributed by atoms with Crippen LogP contribution in [0.2, 0.25) is 0 Å². The average molecular weight is 318 g/mol. The lowest BCUT2D eigenvalue weighted by Crippen LogP contribution is -2.30. The van der Waals surface area contributed by atoms with Gasteiger partial charge in [0.1, 0.15) is 4.88 Å². The molecule has 1 aromatic carbocycles. The van der Waals surface area contributed by atoms with Crippen molar-refractivity contribution in [3.8, 4) is 0 Å². The highest BCUT2D eigenvalue weighted by atomic mass is 32.1. The second kappa shape index (κ2) is 6.70. The topological polar surface area (TPSA) is 79.3 Å². The molecule has 2 N–H and O–H groups in total. The van der Waals surface area contributed by atoms with E-state index in [9.17, 15) is 9.59 Å². The first-order valence-electron chi connectivity index (χ1n) is 6.90. The zero-order valence-corrected chi connectivity index (χ0v) is 13.5. The number of carbonyl (C=O) groups is 2. The summed E-state index contributed by atoms with van der Waals surface area (Å²) in [5.74, 6) is -1.24. The molecule has 6 heteroatoms. The van der Waals surface area contributed by atoms with E-state index in [4.69, 9.17) is 5.11 Å². The van der Waals surface area contributed by atoms with Crippen LogP contribution in [-0.4, -0.2) is 22.0 Å². The molecule has 5 nitrogen and oxygen atoms in total. The molecule has 2 rings (SSSR count). The number of carboxylic acid groups (broad SMARTS) is 1. The molecule has 0 fully saturated rings. The van der Waals surface area contributed by atoms with E-state index >= 15 is 0 Å². The predicted molar refractivity (Wildman–Crippen MR) is 85.2 cm³/mol. The molecule has 0 saturated carbocycles. The maximum Gasteiger partial charge on any atom is 0.305 e. The molecule has 0 aliphatic heterocycles. The van der Waals surface area contributed by atoms with Gasteiger partial charge < -0.3 is 10.4 Å². The van der Waals surface area contributed by atoms with Crippen LogP contribution in [0.1, 0.15) is 44.0 Å². The van der Waals surface area contributed by atoms with E-state index in [-0.39, 0.29) is 12.3 Å². The van der Waals surface area contributed by atoms with Crippen LogP contribution in [0, 0.1) is 20.8 Å². The standard InChI is InChI=1S/C16H18N2O3S/c1-9-4-6-12(7-5-9)13(8-14(19)20)18-16(21)15-10(2)17-11(3)22-15/h4-7,13H,8H2,1-3H3,(H,18,21)(H,19,20)/t13-/m0/s1. The number of aromatic nitrogens is 1. The minimum Gasteiger partial charge on any atom is -0.481 e. The van der Waals surface area contributed by atoms with Gasteiger partial charge in [0.15, 0.2) is 0 Å². The molecule has 1 aromatic heterocycles. The fourth-order valence-corrected chi connectivity index (χ4v) is 3.01. The maximum atomic E-state index is 12.4. The number of rotatable bonds is 5. The lowest BCUT2D eigenvalue weighted by molar-refractivity contribution is -0.137. The molecule has 0 saturated heterocycles. The van der Waals surface area contributed by atoms with Gasteiger partial charge >= 0.3 is 5.97 Å². The fourth-order valence-electron chi connectivity index (χ4n) is 2.19. The maximum absolute atomic E-state index is 12.4. The molecule has 0 radical (unpaired) electrons. The average Bonchev–Trinajstić information content (AvgIpc) is 2.77. The van der Waals surface area contributed by atoms with Gasteiger partial charge in [-0.05, 0) is 26.3 Å². The van der Waals surface area contributed by atoms with Gasteiger partial charge in [0.05, 0.1) is 23.2 Å². The van der Waals surface area contributed by atoms with Gasteiger partial charge in [-0.2, -0.15) is 0 Å². The smallest absolute Gasteiger partial charge is 0.305 e. The van der Waals surface area contributed by atoms with Crippen LogP contribution in [-0.2, 0) is 4.79 Å². The van der Waals surface area contributed by atoms with Crippen molar-refractivity contribution in [2.45, 2.75) is 33.2 Å². The van der Waals surface area contributed by atoms with E-state index in [0.717, 1.165) is 16.1 Å². The van der Waals surface area contributed by atoms with E-state index in [1.165, 1.54) is 11.3 Å². The molecule has 0 aliphatic carbocycles. The second-order valence-electron chi connectivity index (χ2n) is 5.18. The highest BCUT2D eigenvalue weighted by Crippen LogP contribution is 2.21. The van der Waals surface area contributed by atoms with Crippen LogP contribution < -0.4 is 5.32 Å². The lowest BCUT2D eigenvalue weighted by atomic mass is 10.0. The van der Waals surface area contributed by atoms with Crippen molar-refractivity contribution in [1.29, 1.82) is 0 Å². The minimum absolute atomic E-state index is 0.161. The Labute approximate surface area is 133 Å². The minimum atomic E-state index is -0.955. The number of hydrogen-bond acceptors (Lipinski definition) is 4. The van der Waals surface area contributed by atoms with Gasteiger partial charge in [0, 0.05) is 0 Å². The summed E-state index contributed by atoms with van der Waals surface area (Å²) in [4.78, 5) is 28.2. The normalized spacial score (nSPS) is 12.0. The molecule has 1 atom stereocenters. The Morgan fingerprint density at radius 2 is 1.86 bits per heavy atom. The first kappa shape index (κ1) is 16.2. The van der Waals surface area contributed by atoms with Crippen molar-refractivity contribution in [1.82, 2.24) is 10.3 Å². The first-order chi connectivity index (χ1) is 10.4. The summed E-state index contributed by atoms with van der Waals surface area (Å²) in [5, 5.41) is 12.7. The molecular weight excluding hydrogens is 300 g/mol. The number of aryl methyl sites for hydroxylation is 3. The van der Waals surface area contributed by atoms with Crippen molar-refractivity contribution in [3.63, 3.8) is 0 Å². The summed E-state index contributed by atoms with van der Waals surface area (Å²) < 4.78 is 0. The highest BCUT2D eigenvalue weighted by Gasteiger charge is 2.21. The van der Waals surface area contributed by atoms with E-state index in [0.29, 0.717) is 10.6 Å². The van der Waals surface area contributed by atoms with Gasteiger partial charge in [-0.1, -0.05) is 29.8 Å². The Morgan fingerprint density at radius 3 is 2.36 bits per heavy atom. The molecule has 1 amide bonds. The zero-order valence-electron chi connectivity index (χ0n) is 12.7. The monoisotopic (exact) mass is 318 g/mol. The van der Waals surface area contributed by atoms with Crippen LogP contribution in [0.3, 0.4) is 0 Å². The highest BCUT2D eigenvalue weighted by molar-refractivity contribution is 7.13. The Balaban J connectivity index is 2.23. The summed E-state index contributed by atoms with van der Waals surface area (Å²) in [6.07, 6.45) is -0.161. The SMILES string of the molecule is Cc1ccc([C@H](CC(=O)O)NC(=O)c2sc(C)nc2C)cc1. The van der Waals surface area contributed by atoms with Crippen LogP contribution in [0.5, 0.6) is 0 Å². The van der Waals surface area contributed by atoms with E-state index < -0.39 is 12.0 Å². The quantitative estimate of drug-likeness (QED) is 0.888. The number of hydrogen-bond donors (Lipinski definition) is 2. The number of nitrogens with one attached hydrogen (secondary N) is 1. The molecule has 0 unspecified atom stereocenters. The number of thiazole rings is 1. The number of aliphatic carboxylic acids is 1. The van der Waals surface area contributed by atoms with E-state index in [2.05, 4.69) is 10.3 Å². The Kier molecular flexibility index (Phi) is 4.92.